The van der Waals surface area contributed by atoms with Crippen molar-refractivity contribution in [2.75, 3.05) is 32.0 Å². The molecule has 0 spiro atoms. The number of sulfonamides is 1. The summed E-state index contributed by atoms with van der Waals surface area (Å²) in [6.45, 7) is 1.09. The third kappa shape index (κ3) is 5.31. The second kappa shape index (κ2) is 8.87. The van der Waals surface area contributed by atoms with Crippen molar-refractivity contribution in [3.05, 3.63) is 50.4 Å². The fourth-order valence-corrected chi connectivity index (χ4v) is 4.14. The van der Waals surface area contributed by atoms with E-state index in [-0.39, 0.29) is 25.7 Å². The standard InChI is InChI=1S/C16H16Cl4N2O3S/c1-22(2)7-8-25-13-9-10(3-4-11(13)17)21-26(23,24)14-6-5-12(18)15(19)16(14)20/h3-6,9,21H,7-8H2,1-2H3. The van der Waals surface area contributed by atoms with Gasteiger partial charge in [0.25, 0.3) is 10.0 Å². The van der Waals surface area contributed by atoms with E-state index in [2.05, 4.69) is 4.72 Å². The van der Waals surface area contributed by atoms with Crippen molar-refractivity contribution < 1.29 is 13.2 Å². The molecule has 0 aliphatic carbocycles. The molecular formula is C16H16Cl4N2O3S. The maximum absolute atomic E-state index is 12.6. The number of hydrogen-bond donors (Lipinski definition) is 1. The van der Waals surface area contributed by atoms with Gasteiger partial charge in [0.15, 0.2) is 0 Å². The van der Waals surface area contributed by atoms with Crippen molar-refractivity contribution in [1.29, 1.82) is 0 Å². The van der Waals surface area contributed by atoms with Crippen molar-refractivity contribution in [1.82, 2.24) is 4.90 Å². The number of anilines is 1. The summed E-state index contributed by atoms with van der Waals surface area (Å²) in [5, 5.41) is 0.362. The Kier molecular flexibility index (Phi) is 7.30. The molecule has 26 heavy (non-hydrogen) atoms. The number of halogens is 4. The highest BCUT2D eigenvalue weighted by atomic mass is 35.5. The number of nitrogens with zero attached hydrogens (tertiary/aromatic N) is 1. The van der Waals surface area contributed by atoms with E-state index in [0.717, 1.165) is 0 Å². The minimum absolute atomic E-state index is 0.0278. The summed E-state index contributed by atoms with van der Waals surface area (Å²) in [6.07, 6.45) is 0. The van der Waals surface area contributed by atoms with Gasteiger partial charge in [0.2, 0.25) is 0 Å². The normalized spacial score (nSPS) is 11.7. The molecule has 2 rings (SSSR count). The second-order valence-electron chi connectivity index (χ2n) is 5.58. The summed E-state index contributed by atoms with van der Waals surface area (Å²) in [4.78, 5) is 1.77. The summed E-state index contributed by atoms with van der Waals surface area (Å²) >= 11 is 23.9. The first-order chi connectivity index (χ1) is 12.1. The molecule has 0 aliphatic rings. The summed E-state index contributed by atoms with van der Waals surface area (Å²) in [5.74, 6) is 0.369. The van der Waals surface area contributed by atoms with Crippen LogP contribution in [0.2, 0.25) is 20.1 Å². The van der Waals surface area contributed by atoms with Crippen LogP contribution in [0, 0.1) is 0 Å². The molecule has 10 heteroatoms. The summed E-state index contributed by atoms with van der Waals surface area (Å²) in [6, 6.07) is 7.21. The zero-order valence-electron chi connectivity index (χ0n) is 13.9. The van der Waals surface area contributed by atoms with E-state index in [1.807, 2.05) is 19.0 Å². The largest absolute Gasteiger partial charge is 0.491 e. The number of nitrogens with one attached hydrogen (secondary N) is 1. The summed E-state index contributed by atoms with van der Waals surface area (Å²) in [5.41, 5.74) is 0.274. The van der Waals surface area contributed by atoms with E-state index in [1.165, 1.54) is 24.3 Å². The number of ether oxygens (including phenoxy) is 1. The Balaban J connectivity index is 2.26. The van der Waals surface area contributed by atoms with Gasteiger partial charge in [-0.3, -0.25) is 4.72 Å². The van der Waals surface area contributed by atoms with Gasteiger partial charge in [-0.25, -0.2) is 8.42 Å². The highest BCUT2D eigenvalue weighted by Crippen LogP contribution is 2.36. The lowest BCUT2D eigenvalue weighted by molar-refractivity contribution is 0.261. The van der Waals surface area contributed by atoms with Crippen LogP contribution in [0.1, 0.15) is 0 Å². The lowest BCUT2D eigenvalue weighted by Crippen LogP contribution is -2.19. The summed E-state index contributed by atoms with van der Waals surface area (Å²) in [7, 11) is -0.152. The SMILES string of the molecule is CN(C)CCOc1cc(NS(=O)(=O)c2ccc(Cl)c(Cl)c2Cl)ccc1Cl. The first kappa shape index (κ1) is 21.4. The maximum atomic E-state index is 12.6. The van der Waals surface area contributed by atoms with Crippen LogP contribution in [0.5, 0.6) is 5.75 Å². The maximum Gasteiger partial charge on any atom is 0.263 e. The van der Waals surface area contributed by atoms with Crippen molar-refractivity contribution in [3.63, 3.8) is 0 Å². The van der Waals surface area contributed by atoms with Crippen molar-refractivity contribution in [2.24, 2.45) is 0 Å². The number of likely N-dealkylation sites (N-methyl/N-ethyl adjacent to an activating group) is 1. The van der Waals surface area contributed by atoms with E-state index in [1.54, 1.807) is 6.07 Å². The number of hydrogen-bond acceptors (Lipinski definition) is 4. The molecule has 0 saturated carbocycles. The molecule has 0 radical (unpaired) electrons. The van der Waals surface area contributed by atoms with Crippen LogP contribution in [0.3, 0.4) is 0 Å². The molecule has 0 fully saturated rings. The molecule has 0 bridgehead atoms. The molecule has 0 atom stereocenters. The van der Waals surface area contributed by atoms with Gasteiger partial charge in [0.05, 0.1) is 25.8 Å². The Morgan fingerprint density at radius 2 is 1.65 bits per heavy atom. The predicted molar refractivity (Wildman–Crippen MR) is 108 cm³/mol. The van der Waals surface area contributed by atoms with Crippen LogP contribution < -0.4 is 9.46 Å². The average Bonchev–Trinajstić information content (AvgIpc) is 2.54. The molecule has 0 aliphatic heterocycles. The fraction of sp³-hybridized carbons (Fsp3) is 0.250. The van der Waals surface area contributed by atoms with Gasteiger partial charge < -0.3 is 9.64 Å². The number of benzene rings is 2. The van der Waals surface area contributed by atoms with Gasteiger partial charge in [0, 0.05) is 12.6 Å². The Morgan fingerprint density at radius 3 is 2.31 bits per heavy atom. The molecule has 5 nitrogen and oxygen atoms in total. The molecule has 2 aromatic rings. The molecule has 0 aromatic heterocycles. The molecule has 142 valence electrons. The van der Waals surface area contributed by atoms with Gasteiger partial charge in [-0.05, 0) is 38.4 Å². The molecule has 0 unspecified atom stereocenters. The third-order valence-corrected chi connectivity index (χ3v) is 6.41. The average molecular weight is 458 g/mol. The summed E-state index contributed by atoms with van der Waals surface area (Å²) < 4.78 is 33.2. The quantitative estimate of drug-likeness (QED) is 0.591. The highest BCUT2D eigenvalue weighted by Gasteiger charge is 2.21. The van der Waals surface area contributed by atoms with Crippen LogP contribution in [0.25, 0.3) is 0 Å². The van der Waals surface area contributed by atoms with E-state index in [4.69, 9.17) is 51.1 Å². The van der Waals surface area contributed by atoms with Crippen molar-refractivity contribution in [3.8, 4) is 5.75 Å². The molecule has 0 saturated heterocycles. The monoisotopic (exact) mass is 456 g/mol. The van der Waals surface area contributed by atoms with Gasteiger partial charge in [-0.2, -0.15) is 0 Å². The lowest BCUT2D eigenvalue weighted by atomic mass is 10.3. The van der Waals surface area contributed by atoms with Crippen molar-refractivity contribution >= 4 is 62.1 Å². The molecule has 1 N–H and O–H groups in total. The smallest absolute Gasteiger partial charge is 0.263 e. The second-order valence-corrected chi connectivity index (χ2v) is 8.80. The third-order valence-electron chi connectivity index (χ3n) is 3.27. The van der Waals surface area contributed by atoms with Crippen LogP contribution in [0.4, 0.5) is 5.69 Å². The highest BCUT2D eigenvalue weighted by molar-refractivity contribution is 7.92. The van der Waals surface area contributed by atoms with Crippen LogP contribution in [-0.4, -0.2) is 40.6 Å². The van der Waals surface area contributed by atoms with Crippen LogP contribution >= 0.6 is 46.4 Å². The predicted octanol–water partition coefficient (Wildman–Crippen LogP) is 5.04. The van der Waals surface area contributed by atoms with Crippen molar-refractivity contribution in [2.45, 2.75) is 4.90 Å². The molecule has 2 aromatic carbocycles. The minimum Gasteiger partial charge on any atom is -0.491 e. The molecule has 0 amide bonds. The molecule has 0 heterocycles. The first-order valence-corrected chi connectivity index (χ1v) is 10.3. The Morgan fingerprint density at radius 1 is 1.00 bits per heavy atom. The van der Waals surface area contributed by atoms with E-state index >= 15 is 0 Å². The van der Waals surface area contributed by atoms with Gasteiger partial charge >= 0.3 is 0 Å². The van der Waals surface area contributed by atoms with E-state index < -0.39 is 10.0 Å². The Hall–Kier alpha value is -0.890. The molecular weight excluding hydrogens is 442 g/mol. The topological polar surface area (TPSA) is 58.6 Å². The Labute approximate surface area is 172 Å². The van der Waals surface area contributed by atoms with Crippen LogP contribution in [0.15, 0.2) is 35.2 Å². The Bertz CT molecular complexity index is 905. The zero-order chi connectivity index (χ0) is 19.5. The van der Waals surface area contributed by atoms with Gasteiger partial charge in [0.1, 0.15) is 17.3 Å². The van der Waals surface area contributed by atoms with E-state index in [0.29, 0.717) is 23.9 Å². The zero-order valence-corrected chi connectivity index (χ0v) is 17.7. The van der Waals surface area contributed by atoms with Crippen LogP contribution in [-0.2, 0) is 10.0 Å². The fourth-order valence-electron chi connectivity index (χ4n) is 1.94. The van der Waals surface area contributed by atoms with E-state index in [9.17, 15) is 8.42 Å². The first-order valence-electron chi connectivity index (χ1n) is 7.35. The minimum atomic E-state index is -3.98. The number of rotatable bonds is 7. The lowest BCUT2D eigenvalue weighted by Gasteiger charge is -2.14. The van der Waals surface area contributed by atoms with Gasteiger partial charge in [-0.15, -0.1) is 0 Å². The van der Waals surface area contributed by atoms with Gasteiger partial charge in [-0.1, -0.05) is 46.4 Å².